The Balaban J connectivity index is 1.79. The summed E-state index contributed by atoms with van der Waals surface area (Å²) in [6, 6.07) is 10.1. The van der Waals surface area contributed by atoms with E-state index >= 15 is 0 Å². The molecule has 0 amide bonds. The van der Waals surface area contributed by atoms with E-state index in [-0.39, 0.29) is 6.10 Å². The lowest BCUT2D eigenvalue weighted by Crippen LogP contribution is -2.50. The summed E-state index contributed by atoms with van der Waals surface area (Å²) < 4.78 is 50.3. The predicted octanol–water partition coefficient (Wildman–Crippen LogP) is 4.85. The molecule has 0 spiro atoms. The van der Waals surface area contributed by atoms with Crippen molar-refractivity contribution in [2.24, 2.45) is 0 Å². The highest BCUT2D eigenvalue weighted by Gasteiger charge is 2.31. The van der Waals surface area contributed by atoms with E-state index in [2.05, 4.69) is 5.32 Å². The minimum absolute atomic E-state index is 0.0321. The average molecular weight is 372 g/mol. The van der Waals surface area contributed by atoms with Gasteiger partial charge in [-0.2, -0.15) is 13.2 Å². The zero-order chi connectivity index (χ0) is 18.0. The molecule has 2 aromatic rings. The Kier molecular flexibility index (Phi) is 5.11. The first-order valence-corrected chi connectivity index (χ1v) is 8.21. The average Bonchev–Trinajstić information content (AvgIpc) is 2.52. The molecule has 134 valence electrons. The van der Waals surface area contributed by atoms with E-state index < -0.39 is 17.8 Å². The normalized spacial score (nSPS) is 16.2. The van der Waals surface area contributed by atoms with Gasteiger partial charge in [-0.25, -0.2) is 0 Å². The summed E-state index contributed by atoms with van der Waals surface area (Å²) in [5.41, 5.74) is -0.269. The first kappa shape index (κ1) is 17.9. The van der Waals surface area contributed by atoms with Gasteiger partial charge >= 0.3 is 6.18 Å². The molecule has 3 rings (SSSR count). The molecular weight excluding hydrogens is 355 g/mol. The molecule has 7 heteroatoms. The zero-order valence-corrected chi connectivity index (χ0v) is 14.2. The lowest BCUT2D eigenvalue weighted by atomic mass is 10.1. The molecule has 0 saturated carbocycles. The van der Waals surface area contributed by atoms with Crippen LogP contribution < -0.4 is 14.8 Å². The molecule has 0 radical (unpaired) electrons. The number of ether oxygens (including phenoxy) is 2. The van der Waals surface area contributed by atoms with Gasteiger partial charge in [-0.15, -0.1) is 0 Å². The van der Waals surface area contributed by atoms with E-state index in [4.69, 9.17) is 21.1 Å². The van der Waals surface area contributed by atoms with Crippen LogP contribution in [0.5, 0.6) is 11.5 Å². The van der Waals surface area contributed by atoms with Crippen molar-refractivity contribution in [3.05, 3.63) is 58.6 Å². The van der Waals surface area contributed by atoms with Crippen molar-refractivity contribution in [2.75, 3.05) is 13.1 Å². The molecule has 0 aliphatic carbocycles. The van der Waals surface area contributed by atoms with Crippen LogP contribution in [0.2, 0.25) is 5.02 Å². The van der Waals surface area contributed by atoms with Crippen molar-refractivity contribution in [1.82, 2.24) is 5.32 Å². The monoisotopic (exact) mass is 371 g/mol. The minimum Gasteiger partial charge on any atom is -0.484 e. The van der Waals surface area contributed by atoms with Crippen molar-refractivity contribution in [3.8, 4) is 11.5 Å². The van der Waals surface area contributed by atoms with E-state index in [1.54, 1.807) is 31.2 Å². The van der Waals surface area contributed by atoms with Crippen LogP contribution in [0.25, 0.3) is 0 Å². The second kappa shape index (κ2) is 7.14. The number of nitrogens with one attached hydrogen (secondary N) is 1. The predicted molar refractivity (Wildman–Crippen MR) is 89.2 cm³/mol. The van der Waals surface area contributed by atoms with Crippen LogP contribution in [0.15, 0.2) is 42.5 Å². The van der Waals surface area contributed by atoms with Crippen molar-refractivity contribution >= 4 is 11.6 Å². The van der Waals surface area contributed by atoms with Gasteiger partial charge in [-0.3, -0.25) is 0 Å². The fourth-order valence-corrected chi connectivity index (χ4v) is 2.58. The first-order valence-electron chi connectivity index (χ1n) is 7.83. The van der Waals surface area contributed by atoms with Crippen LogP contribution in [0, 0.1) is 0 Å². The first-order chi connectivity index (χ1) is 11.8. The lowest BCUT2D eigenvalue weighted by Gasteiger charge is -2.29. The molecule has 0 aromatic heterocycles. The third-order valence-electron chi connectivity index (χ3n) is 3.93. The summed E-state index contributed by atoms with van der Waals surface area (Å²) in [6.07, 6.45) is -4.93. The van der Waals surface area contributed by atoms with Crippen molar-refractivity contribution in [3.63, 3.8) is 0 Å². The molecule has 1 aliphatic heterocycles. The van der Waals surface area contributed by atoms with Gasteiger partial charge in [0.2, 0.25) is 0 Å². The quantitative estimate of drug-likeness (QED) is 0.815. The largest absolute Gasteiger partial charge is 0.484 e. The minimum atomic E-state index is -4.39. The molecule has 1 N–H and O–H groups in total. The second-order valence-electron chi connectivity index (χ2n) is 5.87. The van der Waals surface area contributed by atoms with Gasteiger partial charge in [0.05, 0.1) is 5.56 Å². The topological polar surface area (TPSA) is 30.5 Å². The Hall–Kier alpha value is -1.92. The maximum absolute atomic E-state index is 12.9. The Bertz CT molecular complexity index is 747. The Labute approximate surface area is 148 Å². The second-order valence-corrected chi connectivity index (χ2v) is 6.31. The number of alkyl halides is 3. The lowest BCUT2D eigenvalue weighted by molar-refractivity contribution is -0.137. The molecule has 1 heterocycles. The van der Waals surface area contributed by atoms with E-state index in [1.165, 1.54) is 6.07 Å². The molecular formula is C18H17ClF3NO2. The van der Waals surface area contributed by atoms with Crippen LogP contribution in [0.3, 0.4) is 0 Å². The molecule has 25 heavy (non-hydrogen) atoms. The number of benzene rings is 2. The van der Waals surface area contributed by atoms with Crippen LogP contribution in [-0.4, -0.2) is 19.2 Å². The van der Waals surface area contributed by atoms with Gasteiger partial charge in [0, 0.05) is 24.2 Å². The summed E-state index contributed by atoms with van der Waals surface area (Å²) >= 11 is 6.01. The Morgan fingerprint density at radius 2 is 1.88 bits per heavy atom. The molecule has 1 fully saturated rings. The smallest absolute Gasteiger partial charge is 0.416 e. The van der Waals surface area contributed by atoms with Gasteiger partial charge in [-0.1, -0.05) is 23.7 Å². The van der Waals surface area contributed by atoms with Gasteiger partial charge in [-0.05, 0) is 36.8 Å². The van der Waals surface area contributed by atoms with E-state index in [0.717, 1.165) is 25.2 Å². The third-order valence-corrected chi connectivity index (χ3v) is 4.17. The summed E-state index contributed by atoms with van der Waals surface area (Å²) in [5, 5.41) is 3.60. The van der Waals surface area contributed by atoms with Crippen LogP contribution in [0.4, 0.5) is 13.2 Å². The van der Waals surface area contributed by atoms with E-state index in [0.29, 0.717) is 22.1 Å². The van der Waals surface area contributed by atoms with Crippen molar-refractivity contribution in [2.45, 2.75) is 25.3 Å². The highest BCUT2D eigenvalue weighted by Crippen LogP contribution is 2.36. The van der Waals surface area contributed by atoms with Crippen LogP contribution in [-0.2, 0) is 6.18 Å². The maximum Gasteiger partial charge on any atom is 0.416 e. The summed E-state index contributed by atoms with van der Waals surface area (Å²) in [7, 11) is 0. The SMILES string of the molecule is CC(Oc1ccc(Cl)cc1OC1CNC1)c1cccc(C(F)(F)F)c1. The highest BCUT2D eigenvalue weighted by molar-refractivity contribution is 6.30. The van der Waals surface area contributed by atoms with Crippen LogP contribution in [0.1, 0.15) is 24.2 Å². The molecule has 1 atom stereocenters. The molecule has 2 aromatic carbocycles. The molecule has 0 bridgehead atoms. The number of halogens is 4. The van der Waals surface area contributed by atoms with Crippen molar-refractivity contribution < 1.29 is 22.6 Å². The van der Waals surface area contributed by atoms with Gasteiger partial charge in [0.1, 0.15) is 12.2 Å². The van der Waals surface area contributed by atoms with E-state index in [1.807, 2.05) is 0 Å². The Morgan fingerprint density at radius 1 is 1.12 bits per heavy atom. The summed E-state index contributed by atoms with van der Waals surface area (Å²) in [4.78, 5) is 0. The Morgan fingerprint density at radius 3 is 2.52 bits per heavy atom. The number of hydrogen-bond acceptors (Lipinski definition) is 3. The third kappa shape index (κ3) is 4.38. The summed E-state index contributed by atoms with van der Waals surface area (Å²) in [6.45, 7) is 3.16. The van der Waals surface area contributed by atoms with Crippen LogP contribution >= 0.6 is 11.6 Å². The van der Waals surface area contributed by atoms with E-state index in [9.17, 15) is 13.2 Å². The van der Waals surface area contributed by atoms with Crippen molar-refractivity contribution in [1.29, 1.82) is 0 Å². The summed E-state index contributed by atoms with van der Waals surface area (Å²) in [5.74, 6) is 0.930. The number of hydrogen-bond donors (Lipinski definition) is 1. The standard InChI is InChI=1S/C18H17ClF3NO2/c1-11(12-3-2-4-13(7-12)18(20,21)22)24-16-6-5-14(19)8-17(16)25-15-9-23-10-15/h2-8,11,15,23H,9-10H2,1H3. The molecule has 3 nitrogen and oxygen atoms in total. The molecule has 1 saturated heterocycles. The molecule has 1 aliphatic rings. The van der Waals surface area contributed by atoms with Gasteiger partial charge in [0.25, 0.3) is 0 Å². The highest BCUT2D eigenvalue weighted by atomic mass is 35.5. The molecule has 1 unspecified atom stereocenters. The number of rotatable bonds is 5. The van der Waals surface area contributed by atoms with Gasteiger partial charge < -0.3 is 14.8 Å². The van der Waals surface area contributed by atoms with Gasteiger partial charge in [0.15, 0.2) is 11.5 Å². The fraction of sp³-hybridized carbons (Fsp3) is 0.333. The zero-order valence-electron chi connectivity index (χ0n) is 13.4. The maximum atomic E-state index is 12.9. The fourth-order valence-electron chi connectivity index (χ4n) is 2.42.